The number of morpholine rings is 1. The van der Waals surface area contributed by atoms with Gasteiger partial charge in [0.05, 0.1) is 30.9 Å². The summed E-state index contributed by atoms with van der Waals surface area (Å²) in [6.45, 7) is 7.76. The molecule has 2 aliphatic rings. The highest BCUT2D eigenvalue weighted by molar-refractivity contribution is 6.15. The van der Waals surface area contributed by atoms with Gasteiger partial charge >= 0.3 is 0 Å². The van der Waals surface area contributed by atoms with E-state index < -0.39 is 0 Å². The summed E-state index contributed by atoms with van der Waals surface area (Å²) in [4.78, 5) is 15.2. The van der Waals surface area contributed by atoms with Gasteiger partial charge in [-0.1, -0.05) is 12.1 Å². The molecule has 0 amide bonds. The van der Waals surface area contributed by atoms with E-state index in [0.29, 0.717) is 48.8 Å². The summed E-state index contributed by atoms with van der Waals surface area (Å²) in [5.74, 6) is 1.51. The number of carbonyl (C=O) groups excluding carboxylic acids is 1. The third-order valence-corrected chi connectivity index (χ3v) is 5.20. The number of hydrogen-bond donors (Lipinski definition) is 1. The van der Waals surface area contributed by atoms with Crippen LogP contribution in [0.15, 0.2) is 36.1 Å². The number of carbonyl (C=O) groups is 1. The molecule has 0 aliphatic carbocycles. The van der Waals surface area contributed by atoms with Crippen molar-refractivity contribution < 1.29 is 24.1 Å². The van der Waals surface area contributed by atoms with Crippen molar-refractivity contribution in [2.45, 2.75) is 20.4 Å². The summed E-state index contributed by atoms with van der Waals surface area (Å²) in [6, 6.07) is 9.15. The van der Waals surface area contributed by atoms with Crippen molar-refractivity contribution >= 4 is 11.9 Å². The first-order chi connectivity index (χ1) is 14.1. The number of ether oxygens (including phenoxy) is 3. The number of nitrogens with zero attached hydrogens (tertiary/aromatic N) is 1. The SMILES string of the molecule is CCOc1ccc(/C=C2\Oc3c(CN4CCOCC4)c(O)cc(C)c3C2=O)cc1. The van der Waals surface area contributed by atoms with Crippen molar-refractivity contribution in [2.24, 2.45) is 0 Å². The molecule has 0 aromatic heterocycles. The Labute approximate surface area is 170 Å². The standard InChI is InChI=1S/C23H25NO5/c1-3-28-17-6-4-16(5-7-17)13-20-22(26)21-15(2)12-19(25)18(23(21)29-20)14-24-8-10-27-11-9-24/h4-7,12-13,25H,3,8-11,14H2,1-2H3/b20-13-. The van der Waals surface area contributed by atoms with Gasteiger partial charge in [0.2, 0.25) is 5.78 Å². The number of aryl methyl sites for hydroxylation is 1. The molecule has 1 saturated heterocycles. The number of aromatic hydroxyl groups is 1. The number of phenolic OH excluding ortho intramolecular Hbond substituents is 1. The van der Waals surface area contributed by atoms with Gasteiger partial charge in [-0.15, -0.1) is 0 Å². The lowest BCUT2D eigenvalue weighted by Gasteiger charge is -2.27. The Kier molecular flexibility index (Phi) is 5.56. The Balaban J connectivity index is 1.64. The Morgan fingerprint density at radius 2 is 1.93 bits per heavy atom. The van der Waals surface area contributed by atoms with Crippen molar-refractivity contribution in [2.75, 3.05) is 32.9 Å². The molecule has 4 rings (SSSR count). The largest absolute Gasteiger partial charge is 0.507 e. The van der Waals surface area contributed by atoms with Crippen LogP contribution in [0.4, 0.5) is 0 Å². The molecule has 2 aliphatic heterocycles. The van der Waals surface area contributed by atoms with Gasteiger partial charge in [0.25, 0.3) is 0 Å². The lowest BCUT2D eigenvalue weighted by molar-refractivity contribution is 0.0336. The van der Waals surface area contributed by atoms with E-state index in [1.165, 1.54) is 0 Å². The fourth-order valence-corrected chi connectivity index (χ4v) is 3.69. The van der Waals surface area contributed by atoms with Crippen LogP contribution in [0.5, 0.6) is 17.2 Å². The first-order valence-electron chi connectivity index (χ1n) is 9.89. The first kappa shape index (κ1) is 19.5. The Morgan fingerprint density at radius 1 is 1.21 bits per heavy atom. The van der Waals surface area contributed by atoms with Gasteiger partial charge in [0, 0.05) is 19.6 Å². The summed E-state index contributed by atoms with van der Waals surface area (Å²) in [5, 5.41) is 10.5. The number of phenols is 1. The first-order valence-corrected chi connectivity index (χ1v) is 9.89. The van der Waals surface area contributed by atoms with Crippen LogP contribution in [-0.2, 0) is 11.3 Å². The van der Waals surface area contributed by atoms with E-state index in [1.54, 1.807) is 12.1 Å². The van der Waals surface area contributed by atoms with Crippen molar-refractivity contribution in [1.82, 2.24) is 4.90 Å². The van der Waals surface area contributed by atoms with Gasteiger partial charge in [0.15, 0.2) is 5.76 Å². The average molecular weight is 395 g/mol. The minimum atomic E-state index is -0.158. The molecule has 6 heteroatoms. The van der Waals surface area contributed by atoms with Crippen LogP contribution in [0.1, 0.15) is 34.0 Å². The maximum atomic E-state index is 13.0. The van der Waals surface area contributed by atoms with E-state index in [1.807, 2.05) is 38.1 Å². The second-order valence-electron chi connectivity index (χ2n) is 7.23. The van der Waals surface area contributed by atoms with Crippen LogP contribution < -0.4 is 9.47 Å². The molecule has 0 bridgehead atoms. The molecule has 1 N–H and O–H groups in total. The molecule has 2 heterocycles. The van der Waals surface area contributed by atoms with Gasteiger partial charge in [-0.2, -0.15) is 0 Å². The molecule has 6 nitrogen and oxygen atoms in total. The number of allylic oxidation sites excluding steroid dienone is 1. The van der Waals surface area contributed by atoms with Crippen LogP contribution in [0.2, 0.25) is 0 Å². The quantitative estimate of drug-likeness (QED) is 0.781. The predicted molar refractivity (Wildman–Crippen MR) is 109 cm³/mol. The zero-order valence-corrected chi connectivity index (χ0v) is 16.7. The molecule has 2 aromatic rings. The van der Waals surface area contributed by atoms with E-state index in [2.05, 4.69) is 4.90 Å². The summed E-state index contributed by atoms with van der Waals surface area (Å²) in [5.41, 5.74) is 2.74. The number of ketones is 1. The third kappa shape index (κ3) is 3.99. The number of fused-ring (bicyclic) bond motifs is 1. The monoisotopic (exact) mass is 395 g/mol. The minimum absolute atomic E-state index is 0.155. The van der Waals surface area contributed by atoms with E-state index in [-0.39, 0.29) is 17.3 Å². The number of hydrogen-bond acceptors (Lipinski definition) is 6. The molecule has 1 fully saturated rings. The zero-order valence-electron chi connectivity index (χ0n) is 16.7. The Hall–Kier alpha value is -2.83. The topological polar surface area (TPSA) is 68.2 Å². The van der Waals surface area contributed by atoms with Crippen LogP contribution in [-0.4, -0.2) is 48.7 Å². The molecule has 0 saturated carbocycles. The summed E-state index contributed by atoms with van der Waals surface area (Å²) in [7, 11) is 0. The molecule has 29 heavy (non-hydrogen) atoms. The van der Waals surface area contributed by atoms with Gasteiger partial charge in [-0.3, -0.25) is 9.69 Å². The van der Waals surface area contributed by atoms with Gasteiger partial charge in [0.1, 0.15) is 17.2 Å². The highest BCUT2D eigenvalue weighted by atomic mass is 16.5. The highest BCUT2D eigenvalue weighted by Crippen LogP contribution is 2.42. The van der Waals surface area contributed by atoms with Crippen molar-refractivity contribution in [1.29, 1.82) is 0 Å². The molecule has 152 valence electrons. The lowest BCUT2D eigenvalue weighted by Crippen LogP contribution is -2.35. The molecular formula is C23H25NO5. The summed E-state index contributed by atoms with van der Waals surface area (Å²) in [6.07, 6.45) is 1.73. The maximum Gasteiger partial charge on any atom is 0.232 e. The van der Waals surface area contributed by atoms with Crippen LogP contribution in [0.25, 0.3) is 6.08 Å². The van der Waals surface area contributed by atoms with Gasteiger partial charge in [-0.05, 0) is 49.2 Å². The number of benzene rings is 2. The van der Waals surface area contributed by atoms with Gasteiger partial charge in [-0.25, -0.2) is 0 Å². The average Bonchev–Trinajstić information content (AvgIpc) is 3.04. The molecule has 0 atom stereocenters. The van der Waals surface area contributed by atoms with Crippen molar-refractivity contribution in [3.63, 3.8) is 0 Å². The molecule has 0 spiro atoms. The van der Waals surface area contributed by atoms with E-state index in [4.69, 9.17) is 14.2 Å². The molecular weight excluding hydrogens is 370 g/mol. The Morgan fingerprint density at radius 3 is 2.62 bits per heavy atom. The van der Waals surface area contributed by atoms with E-state index in [9.17, 15) is 9.90 Å². The van der Waals surface area contributed by atoms with E-state index in [0.717, 1.165) is 24.4 Å². The minimum Gasteiger partial charge on any atom is -0.507 e. The zero-order chi connectivity index (χ0) is 20.4. The number of rotatable bonds is 5. The normalized spacial score (nSPS) is 18.0. The van der Waals surface area contributed by atoms with Crippen LogP contribution in [0, 0.1) is 6.92 Å². The second-order valence-corrected chi connectivity index (χ2v) is 7.23. The van der Waals surface area contributed by atoms with Gasteiger partial charge < -0.3 is 19.3 Å². The molecule has 2 aromatic carbocycles. The van der Waals surface area contributed by atoms with E-state index >= 15 is 0 Å². The van der Waals surface area contributed by atoms with Crippen molar-refractivity contribution in [3.05, 3.63) is 58.3 Å². The second kappa shape index (κ2) is 8.27. The fraction of sp³-hybridized carbons (Fsp3) is 0.348. The third-order valence-electron chi connectivity index (χ3n) is 5.20. The predicted octanol–water partition coefficient (Wildman–Crippen LogP) is 3.55. The van der Waals surface area contributed by atoms with Crippen LogP contribution >= 0.6 is 0 Å². The highest BCUT2D eigenvalue weighted by Gasteiger charge is 2.33. The Bertz CT molecular complexity index is 943. The number of Topliss-reactive ketones (excluding diaryl/α,β-unsaturated/α-hetero) is 1. The molecule has 0 unspecified atom stereocenters. The lowest BCUT2D eigenvalue weighted by atomic mass is 9.99. The summed E-state index contributed by atoms with van der Waals surface area (Å²) < 4.78 is 16.9. The maximum absolute atomic E-state index is 13.0. The van der Waals surface area contributed by atoms with Crippen molar-refractivity contribution in [3.8, 4) is 17.2 Å². The smallest absolute Gasteiger partial charge is 0.232 e. The molecule has 0 radical (unpaired) electrons. The fourth-order valence-electron chi connectivity index (χ4n) is 3.69. The summed E-state index contributed by atoms with van der Waals surface area (Å²) >= 11 is 0. The van der Waals surface area contributed by atoms with Crippen LogP contribution in [0.3, 0.4) is 0 Å².